The van der Waals surface area contributed by atoms with Gasteiger partial charge in [0.1, 0.15) is 0 Å². The second-order valence-corrected chi connectivity index (χ2v) is 5.37. The van der Waals surface area contributed by atoms with Crippen molar-refractivity contribution in [2.24, 2.45) is 0 Å². The van der Waals surface area contributed by atoms with E-state index in [9.17, 15) is 9.90 Å². The zero-order valence-electron chi connectivity index (χ0n) is 11.1. The van der Waals surface area contributed by atoms with Crippen LogP contribution in [0.1, 0.15) is 23.2 Å². The first-order valence-corrected chi connectivity index (χ1v) is 6.92. The number of hydrogen-bond donors (Lipinski definition) is 1. The van der Waals surface area contributed by atoms with Crippen molar-refractivity contribution in [1.82, 2.24) is 4.90 Å². The van der Waals surface area contributed by atoms with Gasteiger partial charge in [-0.25, -0.2) is 4.79 Å². The predicted molar refractivity (Wildman–Crippen MR) is 77.4 cm³/mol. The molecule has 4 nitrogen and oxygen atoms in total. The molecular weight excluding hydrogens is 264 g/mol. The van der Waals surface area contributed by atoms with Gasteiger partial charge < -0.3 is 14.9 Å². The third-order valence-corrected chi connectivity index (χ3v) is 3.79. The SMILES string of the molecule is CN(CCN1CCCC1)c1cc(Cl)ccc1C(=O)O. The Morgan fingerprint density at radius 1 is 1.42 bits per heavy atom. The molecule has 1 fully saturated rings. The van der Waals surface area contributed by atoms with E-state index in [1.807, 2.05) is 11.9 Å². The van der Waals surface area contributed by atoms with Crippen molar-refractivity contribution in [2.45, 2.75) is 12.8 Å². The van der Waals surface area contributed by atoms with E-state index >= 15 is 0 Å². The molecule has 0 aliphatic carbocycles. The lowest BCUT2D eigenvalue weighted by Crippen LogP contribution is -2.32. The van der Waals surface area contributed by atoms with Gasteiger partial charge in [0, 0.05) is 25.2 Å². The zero-order chi connectivity index (χ0) is 13.8. The van der Waals surface area contributed by atoms with Crippen LogP contribution in [0.25, 0.3) is 0 Å². The monoisotopic (exact) mass is 282 g/mol. The summed E-state index contributed by atoms with van der Waals surface area (Å²) < 4.78 is 0. The third kappa shape index (κ3) is 3.61. The summed E-state index contributed by atoms with van der Waals surface area (Å²) in [5.74, 6) is -0.917. The number of carboxylic acids is 1. The van der Waals surface area contributed by atoms with Crippen LogP contribution in [0, 0.1) is 0 Å². The van der Waals surface area contributed by atoms with Crippen LogP contribution in [0.3, 0.4) is 0 Å². The minimum Gasteiger partial charge on any atom is -0.478 e. The molecule has 0 aromatic heterocycles. The van der Waals surface area contributed by atoms with Crippen LogP contribution in [-0.2, 0) is 0 Å². The fraction of sp³-hybridized carbons (Fsp3) is 0.500. The van der Waals surface area contributed by atoms with Gasteiger partial charge in [-0.05, 0) is 44.1 Å². The Labute approximate surface area is 118 Å². The molecule has 0 radical (unpaired) electrons. The average Bonchev–Trinajstić information content (AvgIpc) is 2.88. The molecule has 1 aliphatic rings. The number of aromatic carboxylic acids is 1. The molecule has 2 rings (SSSR count). The van der Waals surface area contributed by atoms with E-state index in [2.05, 4.69) is 4.90 Å². The van der Waals surface area contributed by atoms with Crippen LogP contribution in [0.15, 0.2) is 18.2 Å². The van der Waals surface area contributed by atoms with Crippen molar-refractivity contribution in [3.63, 3.8) is 0 Å². The number of likely N-dealkylation sites (N-methyl/N-ethyl adjacent to an activating group) is 1. The van der Waals surface area contributed by atoms with Crippen molar-refractivity contribution in [3.8, 4) is 0 Å². The number of benzene rings is 1. The first-order valence-electron chi connectivity index (χ1n) is 6.54. The van der Waals surface area contributed by atoms with Crippen LogP contribution >= 0.6 is 11.6 Å². The van der Waals surface area contributed by atoms with E-state index in [1.54, 1.807) is 18.2 Å². The van der Waals surface area contributed by atoms with Crippen molar-refractivity contribution in [3.05, 3.63) is 28.8 Å². The molecule has 0 unspecified atom stereocenters. The van der Waals surface area contributed by atoms with E-state index in [0.717, 1.165) is 26.2 Å². The van der Waals surface area contributed by atoms with Crippen molar-refractivity contribution >= 4 is 23.3 Å². The summed E-state index contributed by atoms with van der Waals surface area (Å²) in [6.07, 6.45) is 2.53. The van der Waals surface area contributed by atoms with Crippen LogP contribution in [0.2, 0.25) is 5.02 Å². The number of nitrogens with zero attached hydrogens (tertiary/aromatic N) is 2. The zero-order valence-corrected chi connectivity index (χ0v) is 11.9. The molecule has 1 N–H and O–H groups in total. The molecule has 0 atom stereocenters. The highest BCUT2D eigenvalue weighted by molar-refractivity contribution is 6.31. The van der Waals surface area contributed by atoms with Crippen LogP contribution in [0.5, 0.6) is 0 Å². The number of carbonyl (C=O) groups is 1. The number of likely N-dealkylation sites (tertiary alicyclic amines) is 1. The maximum Gasteiger partial charge on any atom is 0.337 e. The van der Waals surface area contributed by atoms with Gasteiger partial charge in [-0.1, -0.05) is 11.6 Å². The lowest BCUT2D eigenvalue weighted by molar-refractivity contribution is 0.0697. The Kier molecular flexibility index (Phi) is 4.66. The quantitative estimate of drug-likeness (QED) is 0.901. The summed E-state index contributed by atoms with van der Waals surface area (Å²) in [7, 11) is 1.91. The standard InChI is InChI=1S/C14H19ClN2O2/c1-16(8-9-17-6-2-3-7-17)13-10-11(15)4-5-12(13)14(18)19/h4-5,10H,2-3,6-9H2,1H3,(H,18,19). The second-order valence-electron chi connectivity index (χ2n) is 4.94. The summed E-state index contributed by atoms with van der Waals surface area (Å²) in [5.41, 5.74) is 0.979. The molecular formula is C14H19ClN2O2. The van der Waals surface area contributed by atoms with Gasteiger partial charge in [-0.3, -0.25) is 0 Å². The molecule has 0 saturated carbocycles. The van der Waals surface area contributed by atoms with Gasteiger partial charge >= 0.3 is 5.97 Å². The number of hydrogen-bond acceptors (Lipinski definition) is 3. The molecule has 1 saturated heterocycles. The van der Waals surface area contributed by atoms with Gasteiger partial charge in [-0.15, -0.1) is 0 Å². The number of halogens is 1. The minimum absolute atomic E-state index is 0.299. The highest BCUT2D eigenvalue weighted by Gasteiger charge is 2.16. The van der Waals surface area contributed by atoms with E-state index in [0.29, 0.717) is 16.3 Å². The van der Waals surface area contributed by atoms with Crippen LogP contribution in [-0.4, -0.2) is 49.2 Å². The molecule has 0 spiro atoms. The van der Waals surface area contributed by atoms with Gasteiger partial charge in [0.25, 0.3) is 0 Å². The van der Waals surface area contributed by atoms with Gasteiger partial charge in [-0.2, -0.15) is 0 Å². The van der Waals surface area contributed by atoms with Gasteiger partial charge in [0.05, 0.1) is 11.3 Å². The first kappa shape index (κ1) is 14.2. The Balaban J connectivity index is 2.06. The molecule has 104 valence electrons. The first-order chi connectivity index (χ1) is 9.08. The third-order valence-electron chi connectivity index (χ3n) is 3.55. The summed E-state index contributed by atoms with van der Waals surface area (Å²) in [6, 6.07) is 4.89. The Morgan fingerprint density at radius 2 is 2.11 bits per heavy atom. The maximum absolute atomic E-state index is 11.2. The van der Waals surface area contributed by atoms with E-state index in [-0.39, 0.29) is 0 Å². The van der Waals surface area contributed by atoms with Crippen molar-refractivity contribution in [1.29, 1.82) is 0 Å². The highest BCUT2D eigenvalue weighted by atomic mass is 35.5. The number of anilines is 1. The topological polar surface area (TPSA) is 43.8 Å². The van der Waals surface area contributed by atoms with Crippen LogP contribution in [0.4, 0.5) is 5.69 Å². The van der Waals surface area contributed by atoms with Crippen molar-refractivity contribution < 1.29 is 9.90 Å². The lowest BCUT2D eigenvalue weighted by atomic mass is 10.1. The van der Waals surface area contributed by atoms with Gasteiger partial charge in [0.15, 0.2) is 0 Å². The van der Waals surface area contributed by atoms with Crippen LogP contribution < -0.4 is 4.90 Å². The van der Waals surface area contributed by atoms with E-state index in [4.69, 9.17) is 11.6 Å². The molecule has 1 aromatic rings. The Hall–Kier alpha value is -1.26. The van der Waals surface area contributed by atoms with E-state index in [1.165, 1.54) is 12.8 Å². The second kappa shape index (κ2) is 6.26. The molecule has 1 aromatic carbocycles. The lowest BCUT2D eigenvalue weighted by Gasteiger charge is -2.24. The van der Waals surface area contributed by atoms with E-state index < -0.39 is 5.97 Å². The predicted octanol–water partition coefficient (Wildman–Crippen LogP) is 2.57. The number of carboxylic acid groups (broad SMARTS) is 1. The Morgan fingerprint density at radius 3 is 2.74 bits per heavy atom. The highest BCUT2D eigenvalue weighted by Crippen LogP contribution is 2.24. The molecule has 1 heterocycles. The minimum atomic E-state index is -0.917. The average molecular weight is 283 g/mol. The summed E-state index contributed by atoms with van der Waals surface area (Å²) >= 11 is 5.96. The molecule has 0 amide bonds. The largest absolute Gasteiger partial charge is 0.478 e. The maximum atomic E-state index is 11.2. The van der Waals surface area contributed by atoms with Crippen molar-refractivity contribution in [2.75, 3.05) is 38.1 Å². The summed E-state index contributed by atoms with van der Waals surface area (Å²) in [4.78, 5) is 15.6. The molecule has 5 heteroatoms. The molecule has 19 heavy (non-hydrogen) atoms. The van der Waals surface area contributed by atoms with Gasteiger partial charge in [0.2, 0.25) is 0 Å². The number of rotatable bonds is 5. The molecule has 1 aliphatic heterocycles. The summed E-state index contributed by atoms with van der Waals surface area (Å²) in [6.45, 7) is 4.06. The fourth-order valence-electron chi connectivity index (χ4n) is 2.42. The summed E-state index contributed by atoms with van der Waals surface area (Å²) in [5, 5.41) is 9.77. The fourth-order valence-corrected chi connectivity index (χ4v) is 2.59. The Bertz CT molecular complexity index is 459. The normalized spacial score (nSPS) is 15.7. The molecule has 0 bridgehead atoms. The smallest absolute Gasteiger partial charge is 0.337 e.